The molecule has 1 fully saturated rings. The number of hydrogen-bond donors (Lipinski definition) is 1. The topological polar surface area (TPSA) is 32.3 Å². The van der Waals surface area contributed by atoms with Gasteiger partial charge in [-0.1, -0.05) is 49.1 Å². The second kappa shape index (κ2) is 8.33. The number of hydrogen-bond acceptors (Lipinski definition) is 2. The number of aryl methyl sites for hydroxylation is 1. The van der Waals surface area contributed by atoms with Gasteiger partial charge in [0.2, 0.25) is 5.91 Å². The lowest BCUT2D eigenvalue weighted by Crippen LogP contribution is -2.37. The first-order valence-electron chi connectivity index (χ1n) is 8.57. The van der Waals surface area contributed by atoms with E-state index in [0.717, 1.165) is 13.1 Å². The van der Waals surface area contributed by atoms with Gasteiger partial charge < -0.3 is 10.2 Å². The SMILES string of the molecule is Cc1ccc(C(C(=O)NCCN(C)C)C2CCCCC2)cc1. The van der Waals surface area contributed by atoms with Gasteiger partial charge in [0.05, 0.1) is 5.92 Å². The van der Waals surface area contributed by atoms with E-state index in [-0.39, 0.29) is 11.8 Å². The molecule has 0 heterocycles. The minimum absolute atomic E-state index is 0.0167. The number of carbonyl (C=O) groups is 1. The number of rotatable bonds is 6. The van der Waals surface area contributed by atoms with Gasteiger partial charge in [0.15, 0.2) is 0 Å². The molecule has 1 saturated carbocycles. The van der Waals surface area contributed by atoms with Gasteiger partial charge in [-0.15, -0.1) is 0 Å². The van der Waals surface area contributed by atoms with Crippen molar-refractivity contribution in [1.82, 2.24) is 10.2 Å². The zero-order valence-corrected chi connectivity index (χ0v) is 14.3. The second-order valence-corrected chi connectivity index (χ2v) is 6.88. The van der Waals surface area contributed by atoms with E-state index in [0.29, 0.717) is 5.92 Å². The Labute approximate surface area is 135 Å². The van der Waals surface area contributed by atoms with Gasteiger partial charge in [-0.3, -0.25) is 4.79 Å². The van der Waals surface area contributed by atoms with Crippen molar-refractivity contribution >= 4 is 5.91 Å². The molecule has 3 nitrogen and oxygen atoms in total. The van der Waals surface area contributed by atoms with Crippen molar-refractivity contribution in [2.24, 2.45) is 5.92 Å². The van der Waals surface area contributed by atoms with Crippen LogP contribution >= 0.6 is 0 Å². The summed E-state index contributed by atoms with van der Waals surface area (Å²) in [6.07, 6.45) is 6.20. The maximum absolute atomic E-state index is 12.8. The number of carbonyl (C=O) groups excluding carboxylic acids is 1. The minimum atomic E-state index is 0.0167. The molecule has 1 amide bonds. The molecule has 0 aromatic heterocycles. The molecular weight excluding hydrogens is 272 g/mol. The highest BCUT2D eigenvalue weighted by Crippen LogP contribution is 2.36. The van der Waals surface area contributed by atoms with Gasteiger partial charge in [0, 0.05) is 13.1 Å². The summed E-state index contributed by atoms with van der Waals surface area (Å²) in [4.78, 5) is 14.9. The normalized spacial score (nSPS) is 17.5. The summed E-state index contributed by atoms with van der Waals surface area (Å²) in [6, 6.07) is 8.52. The van der Waals surface area contributed by atoms with Crippen molar-refractivity contribution in [3.8, 4) is 0 Å². The lowest BCUT2D eigenvalue weighted by atomic mass is 9.76. The first kappa shape index (κ1) is 17.0. The molecule has 1 aliphatic rings. The van der Waals surface area contributed by atoms with E-state index >= 15 is 0 Å². The fourth-order valence-corrected chi connectivity index (χ4v) is 3.39. The van der Waals surface area contributed by atoms with E-state index in [2.05, 4.69) is 41.4 Å². The van der Waals surface area contributed by atoms with E-state index in [9.17, 15) is 4.79 Å². The predicted octanol–water partition coefficient (Wildman–Crippen LogP) is 3.34. The van der Waals surface area contributed by atoms with E-state index in [1.54, 1.807) is 0 Å². The molecule has 0 spiro atoms. The van der Waals surface area contributed by atoms with Crippen LogP contribution in [0.25, 0.3) is 0 Å². The van der Waals surface area contributed by atoms with Crippen LogP contribution < -0.4 is 5.32 Å². The Hall–Kier alpha value is -1.35. The summed E-state index contributed by atoms with van der Waals surface area (Å²) in [6.45, 7) is 3.70. The Balaban J connectivity index is 2.09. The Kier molecular flexibility index (Phi) is 6.44. The van der Waals surface area contributed by atoms with Crippen LogP contribution in [0.15, 0.2) is 24.3 Å². The summed E-state index contributed by atoms with van der Waals surface area (Å²) in [7, 11) is 4.06. The van der Waals surface area contributed by atoms with Crippen LogP contribution in [0.5, 0.6) is 0 Å². The molecule has 0 saturated heterocycles. The van der Waals surface area contributed by atoms with Crippen molar-refractivity contribution in [3.63, 3.8) is 0 Å². The van der Waals surface area contributed by atoms with E-state index < -0.39 is 0 Å². The maximum Gasteiger partial charge on any atom is 0.227 e. The molecule has 3 heteroatoms. The van der Waals surface area contributed by atoms with Crippen molar-refractivity contribution in [1.29, 1.82) is 0 Å². The zero-order chi connectivity index (χ0) is 15.9. The maximum atomic E-state index is 12.8. The van der Waals surface area contributed by atoms with Crippen LogP contribution in [-0.4, -0.2) is 38.0 Å². The standard InChI is InChI=1S/C19H30N2O/c1-15-9-11-17(12-10-15)18(16-7-5-4-6-8-16)19(22)20-13-14-21(2)3/h9-12,16,18H,4-8,13-14H2,1-3H3,(H,20,22). The summed E-state index contributed by atoms with van der Waals surface area (Å²) < 4.78 is 0. The highest BCUT2D eigenvalue weighted by atomic mass is 16.1. The lowest BCUT2D eigenvalue weighted by molar-refractivity contribution is -0.124. The highest BCUT2D eigenvalue weighted by Gasteiger charge is 2.30. The molecule has 1 N–H and O–H groups in total. The molecule has 0 radical (unpaired) electrons. The number of benzene rings is 1. The molecule has 122 valence electrons. The average molecular weight is 302 g/mol. The Morgan fingerprint density at radius 3 is 2.41 bits per heavy atom. The molecular formula is C19H30N2O. The van der Waals surface area contributed by atoms with Crippen LogP contribution in [0.4, 0.5) is 0 Å². The monoisotopic (exact) mass is 302 g/mol. The first-order chi connectivity index (χ1) is 10.6. The number of amides is 1. The van der Waals surface area contributed by atoms with Crippen molar-refractivity contribution in [2.45, 2.75) is 44.9 Å². The molecule has 1 aliphatic carbocycles. The third-order valence-electron chi connectivity index (χ3n) is 4.70. The van der Waals surface area contributed by atoms with Crippen molar-refractivity contribution in [3.05, 3.63) is 35.4 Å². The third-order valence-corrected chi connectivity index (χ3v) is 4.70. The molecule has 0 bridgehead atoms. The van der Waals surface area contributed by atoms with Gasteiger partial charge >= 0.3 is 0 Å². The summed E-state index contributed by atoms with van der Waals surface area (Å²) in [5.74, 6) is 0.719. The second-order valence-electron chi connectivity index (χ2n) is 6.88. The quantitative estimate of drug-likeness (QED) is 0.874. The Morgan fingerprint density at radius 2 is 1.82 bits per heavy atom. The third kappa shape index (κ3) is 4.84. The lowest BCUT2D eigenvalue weighted by Gasteiger charge is -2.30. The highest BCUT2D eigenvalue weighted by molar-refractivity contribution is 5.84. The van der Waals surface area contributed by atoms with Crippen LogP contribution in [0, 0.1) is 12.8 Å². The molecule has 0 aliphatic heterocycles. The van der Waals surface area contributed by atoms with Gasteiger partial charge in [-0.25, -0.2) is 0 Å². The van der Waals surface area contributed by atoms with Gasteiger partial charge in [-0.05, 0) is 45.3 Å². The number of nitrogens with one attached hydrogen (secondary N) is 1. The van der Waals surface area contributed by atoms with Gasteiger partial charge in [0.25, 0.3) is 0 Å². The largest absolute Gasteiger partial charge is 0.354 e. The van der Waals surface area contributed by atoms with Crippen LogP contribution in [0.2, 0.25) is 0 Å². The fourth-order valence-electron chi connectivity index (χ4n) is 3.39. The summed E-state index contributed by atoms with van der Waals surface area (Å²) >= 11 is 0. The van der Waals surface area contributed by atoms with Gasteiger partial charge in [0.1, 0.15) is 0 Å². The van der Waals surface area contributed by atoms with E-state index in [4.69, 9.17) is 0 Å². The van der Waals surface area contributed by atoms with Crippen LogP contribution in [-0.2, 0) is 4.79 Å². The fraction of sp³-hybridized carbons (Fsp3) is 0.632. The molecule has 1 aromatic rings. The van der Waals surface area contributed by atoms with Crippen LogP contribution in [0.3, 0.4) is 0 Å². The van der Waals surface area contributed by atoms with Crippen LogP contribution in [0.1, 0.15) is 49.1 Å². The van der Waals surface area contributed by atoms with Crippen molar-refractivity contribution < 1.29 is 4.79 Å². The molecule has 22 heavy (non-hydrogen) atoms. The Morgan fingerprint density at radius 1 is 1.18 bits per heavy atom. The first-order valence-corrected chi connectivity index (χ1v) is 8.57. The molecule has 1 unspecified atom stereocenters. The number of likely N-dealkylation sites (N-methyl/N-ethyl adjacent to an activating group) is 1. The minimum Gasteiger partial charge on any atom is -0.354 e. The van der Waals surface area contributed by atoms with E-state index in [1.807, 2.05) is 14.1 Å². The molecule has 2 rings (SSSR count). The summed E-state index contributed by atoms with van der Waals surface area (Å²) in [5, 5.41) is 3.14. The Bertz CT molecular complexity index is 461. The van der Waals surface area contributed by atoms with E-state index in [1.165, 1.54) is 43.2 Å². The number of nitrogens with zero attached hydrogens (tertiary/aromatic N) is 1. The molecule has 1 atom stereocenters. The predicted molar refractivity (Wildman–Crippen MR) is 92.1 cm³/mol. The van der Waals surface area contributed by atoms with Gasteiger partial charge in [-0.2, -0.15) is 0 Å². The zero-order valence-electron chi connectivity index (χ0n) is 14.3. The van der Waals surface area contributed by atoms with Crippen molar-refractivity contribution in [2.75, 3.05) is 27.2 Å². The average Bonchev–Trinajstić information content (AvgIpc) is 2.50. The molecule has 1 aromatic carbocycles. The smallest absolute Gasteiger partial charge is 0.227 e. The summed E-state index contributed by atoms with van der Waals surface area (Å²) in [5.41, 5.74) is 2.43.